The van der Waals surface area contributed by atoms with Crippen molar-refractivity contribution in [3.05, 3.63) is 35.5 Å². The zero-order chi connectivity index (χ0) is 9.42. The second-order valence-electron chi connectivity index (χ2n) is 2.88. The molecule has 13 heavy (non-hydrogen) atoms. The van der Waals surface area contributed by atoms with Crippen LogP contribution in [0.25, 0.3) is 5.65 Å². The number of nitrogens with zero attached hydrogens (tertiary/aromatic N) is 2. The number of halogens is 1. The molecular formula is C9H9FN2O. The maximum atomic E-state index is 12.8. The van der Waals surface area contributed by atoms with Crippen LogP contribution in [0.2, 0.25) is 0 Å². The predicted octanol–water partition coefficient (Wildman–Crippen LogP) is 1.27. The first-order valence-electron chi connectivity index (χ1n) is 3.96. The number of hydrogen-bond donors (Lipinski definition) is 1. The summed E-state index contributed by atoms with van der Waals surface area (Å²) in [6.07, 6.45) is 1.36. The number of aliphatic hydroxyl groups is 1. The molecule has 0 radical (unpaired) electrons. The fraction of sp³-hybridized carbons (Fsp3) is 0.222. The summed E-state index contributed by atoms with van der Waals surface area (Å²) in [6, 6.07) is 2.93. The van der Waals surface area contributed by atoms with Crippen molar-refractivity contribution in [3.63, 3.8) is 0 Å². The molecule has 0 aliphatic rings. The van der Waals surface area contributed by atoms with Crippen LogP contribution in [0.15, 0.2) is 18.3 Å². The lowest BCUT2D eigenvalue weighted by Gasteiger charge is -1.95. The highest BCUT2D eigenvalue weighted by Crippen LogP contribution is 2.12. The summed E-state index contributed by atoms with van der Waals surface area (Å²) < 4.78 is 14.4. The van der Waals surface area contributed by atoms with Crippen molar-refractivity contribution >= 4 is 5.65 Å². The maximum Gasteiger partial charge on any atom is 0.139 e. The molecule has 0 aromatic carbocycles. The first-order valence-corrected chi connectivity index (χ1v) is 3.96. The molecule has 3 nitrogen and oxygen atoms in total. The number of rotatable bonds is 1. The van der Waals surface area contributed by atoms with E-state index in [9.17, 15) is 4.39 Å². The number of imidazole rings is 1. The Bertz CT molecular complexity index is 450. The van der Waals surface area contributed by atoms with Gasteiger partial charge in [-0.15, -0.1) is 0 Å². The van der Waals surface area contributed by atoms with Gasteiger partial charge in [0.1, 0.15) is 11.5 Å². The minimum absolute atomic E-state index is 0.116. The van der Waals surface area contributed by atoms with Gasteiger partial charge in [0, 0.05) is 11.9 Å². The lowest BCUT2D eigenvalue weighted by atomic mass is 10.3. The summed E-state index contributed by atoms with van der Waals surface area (Å²) in [4.78, 5) is 4.12. The van der Waals surface area contributed by atoms with Crippen LogP contribution in [-0.4, -0.2) is 14.5 Å². The summed E-state index contributed by atoms with van der Waals surface area (Å²) in [7, 11) is 0. The highest BCUT2D eigenvalue weighted by atomic mass is 19.1. The van der Waals surface area contributed by atoms with Gasteiger partial charge < -0.3 is 9.51 Å². The van der Waals surface area contributed by atoms with Crippen LogP contribution in [0, 0.1) is 12.7 Å². The maximum absolute atomic E-state index is 12.8. The van der Waals surface area contributed by atoms with E-state index in [0.717, 1.165) is 5.69 Å². The molecule has 2 heterocycles. The third-order valence-corrected chi connectivity index (χ3v) is 2.07. The minimum atomic E-state index is -0.308. The van der Waals surface area contributed by atoms with Gasteiger partial charge >= 0.3 is 0 Å². The number of aryl methyl sites for hydroxylation is 1. The molecule has 0 aliphatic heterocycles. The lowest BCUT2D eigenvalue weighted by molar-refractivity contribution is 0.276. The van der Waals surface area contributed by atoms with Crippen molar-refractivity contribution in [2.45, 2.75) is 13.5 Å². The Hall–Kier alpha value is -1.42. The molecule has 0 spiro atoms. The summed E-state index contributed by atoms with van der Waals surface area (Å²) in [5.41, 5.74) is 2.02. The number of hydrogen-bond acceptors (Lipinski definition) is 2. The Kier molecular flexibility index (Phi) is 1.77. The van der Waals surface area contributed by atoms with Crippen molar-refractivity contribution in [2.75, 3.05) is 0 Å². The zero-order valence-corrected chi connectivity index (χ0v) is 7.16. The fourth-order valence-corrected chi connectivity index (χ4v) is 1.33. The molecule has 0 saturated carbocycles. The number of fused-ring (bicyclic) bond motifs is 1. The van der Waals surface area contributed by atoms with Crippen LogP contribution in [-0.2, 0) is 6.61 Å². The second kappa shape index (κ2) is 2.81. The zero-order valence-electron chi connectivity index (χ0n) is 7.16. The van der Waals surface area contributed by atoms with E-state index in [1.165, 1.54) is 12.3 Å². The molecule has 0 fully saturated rings. The molecule has 0 saturated heterocycles. The quantitative estimate of drug-likeness (QED) is 0.717. The Morgan fingerprint density at radius 3 is 3.00 bits per heavy atom. The SMILES string of the molecule is Cc1c(CO)nc2ccc(F)cn12. The van der Waals surface area contributed by atoms with Crippen molar-refractivity contribution in [1.29, 1.82) is 0 Å². The third-order valence-electron chi connectivity index (χ3n) is 2.07. The molecule has 2 rings (SSSR count). The van der Waals surface area contributed by atoms with Gasteiger partial charge in [0.15, 0.2) is 0 Å². The standard InChI is InChI=1S/C9H9FN2O/c1-6-8(5-13)11-9-3-2-7(10)4-12(6)9/h2-4,13H,5H2,1H3. The average molecular weight is 180 g/mol. The first kappa shape index (κ1) is 8.19. The Labute approximate surface area is 74.5 Å². The molecule has 0 atom stereocenters. The Morgan fingerprint density at radius 2 is 2.31 bits per heavy atom. The Balaban J connectivity index is 2.77. The van der Waals surface area contributed by atoms with Gasteiger partial charge in [-0.3, -0.25) is 0 Å². The number of pyridine rings is 1. The van der Waals surface area contributed by atoms with E-state index < -0.39 is 0 Å². The molecule has 2 aromatic rings. The van der Waals surface area contributed by atoms with Crippen LogP contribution >= 0.6 is 0 Å². The number of aromatic nitrogens is 2. The Morgan fingerprint density at radius 1 is 1.54 bits per heavy atom. The van der Waals surface area contributed by atoms with E-state index in [1.807, 2.05) is 0 Å². The lowest BCUT2D eigenvalue weighted by Crippen LogP contribution is -1.90. The fourth-order valence-electron chi connectivity index (χ4n) is 1.33. The van der Waals surface area contributed by atoms with E-state index in [1.54, 1.807) is 17.4 Å². The highest BCUT2D eigenvalue weighted by molar-refractivity contribution is 5.42. The molecule has 0 amide bonds. The van der Waals surface area contributed by atoms with Crippen LogP contribution < -0.4 is 0 Å². The van der Waals surface area contributed by atoms with Gasteiger partial charge in [-0.25, -0.2) is 9.37 Å². The minimum Gasteiger partial charge on any atom is -0.390 e. The van der Waals surface area contributed by atoms with E-state index in [-0.39, 0.29) is 12.4 Å². The monoisotopic (exact) mass is 180 g/mol. The van der Waals surface area contributed by atoms with E-state index in [2.05, 4.69) is 4.98 Å². The molecule has 1 N–H and O–H groups in total. The van der Waals surface area contributed by atoms with Gasteiger partial charge in [0.05, 0.1) is 12.3 Å². The molecule has 4 heteroatoms. The summed E-state index contributed by atoms with van der Waals surface area (Å²) in [6.45, 7) is 1.68. The smallest absolute Gasteiger partial charge is 0.139 e. The molecule has 0 aliphatic carbocycles. The molecule has 0 bridgehead atoms. The van der Waals surface area contributed by atoms with E-state index >= 15 is 0 Å². The van der Waals surface area contributed by atoms with Crippen LogP contribution in [0.3, 0.4) is 0 Å². The topological polar surface area (TPSA) is 37.5 Å². The number of aliphatic hydroxyl groups excluding tert-OH is 1. The van der Waals surface area contributed by atoms with Gasteiger partial charge in [0.2, 0.25) is 0 Å². The van der Waals surface area contributed by atoms with Gasteiger partial charge in [-0.05, 0) is 19.1 Å². The first-order chi connectivity index (χ1) is 6.22. The van der Waals surface area contributed by atoms with Gasteiger partial charge in [-0.1, -0.05) is 0 Å². The largest absolute Gasteiger partial charge is 0.390 e. The van der Waals surface area contributed by atoms with Gasteiger partial charge in [0.25, 0.3) is 0 Å². The molecular weight excluding hydrogens is 171 g/mol. The van der Waals surface area contributed by atoms with Crippen molar-refractivity contribution in [2.24, 2.45) is 0 Å². The summed E-state index contributed by atoms with van der Waals surface area (Å²) in [5, 5.41) is 8.92. The van der Waals surface area contributed by atoms with Crippen LogP contribution in [0.5, 0.6) is 0 Å². The van der Waals surface area contributed by atoms with Crippen LogP contribution in [0.1, 0.15) is 11.4 Å². The molecule has 0 unspecified atom stereocenters. The summed E-state index contributed by atoms with van der Waals surface area (Å²) >= 11 is 0. The van der Waals surface area contributed by atoms with Crippen LogP contribution in [0.4, 0.5) is 4.39 Å². The van der Waals surface area contributed by atoms with Crippen molar-refractivity contribution < 1.29 is 9.50 Å². The van der Waals surface area contributed by atoms with Gasteiger partial charge in [-0.2, -0.15) is 0 Å². The van der Waals surface area contributed by atoms with Crippen molar-refractivity contribution in [3.8, 4) is 0 Å². The summed E-state index contributed by atoms with van der Waals surface area (Å²) in [5.74, 6) is -0.308. The molecule has 2 aromatic heterocycles. The average Bonchev–Trinajstić information content (AvgIpc) is 2.44. The normalized spacial score (nSPS) is 11.0. The van der Waals surface area contributed by atoms with E-state index in [4.69, 9.17) is 5.11 Å². The second-order valence-corrected chi connectivity index (χ2v) is 2.88. The highest BCUT2D eigenvalue weighted by Gasteiger charge is 2.06. The molecule has 68 valence electrons. The van der Waals surface area contributed by atoms with Crippen molar-refractivity contribution in [1.82, 2.24) is 9.38 Å². The predicted molar refractivity (Wildman–Crippen MR) is 45.8 cm³/mol. The van der Waals surface area contributed by atoms with E-state index in [0.29, 0.717) is 11.3 Å². The third kappa shape index (κ3) is 1.19.